The quantitative estimate of drug-likeness (QED) is 0.244. The first kappa shape index (κ1) is 28.2. The van der Waals surface area contributed by atoms with Crippen molar-refractivity contribution in [2.45, 2.75) is 58.3 Å². The van der Waals surface area contributed by atoms with E-state index >= 15 is 0 Å². The molecular formula is C38H43N. The summed E-state index contributed by atoms with van der Waals surface area (Å²) in [6.07, 6.45) is 17.2. The highest BCUT2D eigenvalue weighted by atomic mass is 15.2. The monoisotopic (exact) mass is 513 g/mol. The molecular weight excluding hydrogens is 470 g/mol. The molecule has 4 rings (SSSR count). The van der Waals surface area contributed by atoms with Gasteiger partial charge in [0.2, 0.25) is 0 Å². The maximum Gasteiger partial charge on any atom is 0.0450 e. The molecule has 0 bridgehead atoms. The molecule has 1 aliphatic rings. The summed E-state index contributed by atoms with van der Waals surface area (Å²) in [5, 5.41) is 0. The maximum atomic E-state index is 4.36. The number of hydrogen-bond donors (Lipinski definition) is 0. The van der Waals surface area contributed by atoms with Crippen molar-refractivity contribution in [1.82, 2.24) is 0 Å². The third-order valence-electron chi connectivity index (χ3n) is 8.11. The third-order valence-corrected chi connectivity index (χ3v) is 8.11. The summed E-state index contributed by atoms with van der Waals surface area (Å²) >= 11 is 0. The molecule has 39 heavy (non-hydrogen) atoms. The Labute approximate surface area is 236 Å². The topological polar surface area (TPSA) is 3.24 Å². The van der Waals surface area contributed by atoms with E-state index in [1.165, 1.54) is 33.6 Å². The van der Waals surface area contributed by atoms with Crippen LogP contribution in [0.25, 0.3) is 0 Å². The Bertz CT molecular complexity index is 1400. The van der Waals surface area contributed by atoms with E-state index in [2.05, 4.69) is 167 Å². The van der Waals surface area contributed by atoms with E-state index in [0.717, 1.165) is 25.0 Å². The molecule has 3 aromatic rings. The zero-order chi connectivity index (χ0) is 27.9. The van der Waals surface area contributed by atoms with Crippen molar-refractivity contribution in [2.75, 3.05) is 11.4 Å². The number of rotatable bonds is 10. The lowest BCUT2D eigenvalue weighted by atomic mass is 9.76. The van der Waals surface area contributed by atoms with Crippen LogP contribution in [0.2, 0.25) is 0 Å². The van der Waals surface area contributed by atoms with Gasteiger partial charge < -0.3 is 4.90 Å². The molecule has 1 heterocycles. The van der Waals surface area contributed by atoms with E-state index in [0.29, 0.717) is 0 Å². The molecule has 0 unspecified atom stereocenters. The molecule has 0 atom stereocenters. The van der Waals surface area contributed by atoms with Crippen LogP contribution in [0.4, 0.5) is 5.69 Å². The van der Waals surface area contributed by atoms with Crippen molar-refractivity contribution in [2.24, 2.45) is 0 Å². The van der Waals surface area contributed by atoms with Crippen LogP contribution in [0, 0.1) is 6.92 Å². The zero-order valence-corrected chi connectivity index (χ0v) is 24.3. The Morgan fingerprint density at radius 2 is 1.46 bits per heavy atom. The summed E-state index contributed by atoms with van der Waals surface area (Å²) in [5.41, 5.74) is 9.07. The molecule has 0 fully saturated rings. The summed E-state index contributed by atoms with van der Waals surface area (Å²) in [6.45, 7) is 16.7. The molecule has 0 aromatic heterocycles. The van der Waals surface area contributed by atoms with Crippen LogP contribution in [0.5, 0.6) is 0 Å². The number of aryl methyl sites for hydroxylation is 2. The fourth-order valence-electron chi connectivity index (χ4n) is 5.63. The van der Waals surface area contributed by atoms with Gasteiger partial charge >= 0.3 is 0 Å². The van der Waals surface area contributed by atoms with Crippen molar-refractivity contribution >= 4 is 5.69 Å². The minimum atomic E-state index is -0.108. The van der Waals surface area contributed by atoms with Crippen molar-refractivity contribution < 1.29 is 0 Å². The highest BCUT2D eigenvalue weighted by molar-refractivity contribution is 5.70. The van der Waals surface area contributed by atoms with E-state index in [4.69, 9.17) is 0 Å². The van der Waals surface area contributed by atoms with Gasteiger partial charge in [-0.25, -0.2) is 0 Å². The van der Waals surface area contributed by atoms with Crippen LogP contribution in [-0.4, -0.2) is 6.54 Å². The fourth-order valence-corrected chi connectivity index (χ4v) is 5.63. The van der Waals surface area contributed by atoms with E-state index in [1.807, 2.05) is 0 Å². The molecule has 0 N–H and O–H groups in total. The largest absolute Gasteiger partial charge is 0.344 e. The van der Waals surface area contributed by atoms with Gasteiger partial charge in [-0.1, -0.05) is 144 Å². The van der Waals surface area contributed by atoms with Gasteiger partial charge in [-0.15, -0.1) is 0 Å². The number of hydrogen-bond acceptors (Lipinski definition) is 1. The Balaban J connectivity index is 1.43. The molecule has 1 nitrogen and oxygen atoms in total. The van der Waals surface area contributed by atoms with E-state index < -0.39 is 0 Å². The zero-order valence-electron chi connectivity index (χ0n) is 24.3. The lowest BCUT2D eigenvalue weighted by molar-refractivity contribution is 0.625. The number of para-hydroxylation sites is 1. The van der Waals surface area contributed by atoms with Crippen molar-refractivity contribution in [3.05, 3.63) is 161 Å². The van der Waals surface area contributed by atoms with Gasteiger partial charge in [0.1, 0.15) is 0 Å². The Kier molecular flexibility index (Phi) is 8.92. The van der Waals surface area contributed by atoms with Gasteiger partial charge in [0.15, 0.2) is 0 Å². The standard InChI is InChI=1S/C38H43N/c1-30-20-15-16-25-33(30)37(3,4)31(2)21-11-8-7-9-14-28-36-38(5,6)34-26-17-18-27-35(34)39(36)29-19-24-32-22-12-10-13-23-32/h7-18,20-23,25-28H,2,19,24,29H2,1,3-6H3/b8-7+,14-9+,21-11+,36-28+. The highest BCUT2D eigenvalue weighted by Crippen LogP contribution is 2.47. The minimum Gasteiger partial charge on any atom is -0.344 e. The second kappa shape index (κ2) is 12.3. The normalized spacial score (nSPS) is 16.1. The third kappa shape index (κ3) is 6.42. The molecule has 0 saturated heterocycles. The number of fused-ring (bicyclic) bond motifs is 1. The number of benzene rings is 3. The SMILES string of the molecule is C=C(/C=C/C=C/C=C/C=C1/N(CCCc2ccccc2)c2ccccc2C1(C)C)C(C)(C)c1ccccc1C. The number of nitrogens with zero attached hydrogens (tertiary/aromatic N) is 1. The second-order valence-electron chi connectivity index (χ2n) is 11.5. The van der Waals surface area contributed by atoms with Gasteiger partial charge in [0.25, 0.3) is 0 Å². The molecule has 0 aliphatic carbocycles. The van der Waals surface area contributed by atoms with E-state index in [1.54, 1.807) is 0 Å². The summed E-state index contributed by atoms with van der Waals surface area (Å²) < 4.78 is 0. The smallest absolute Gasteiger partial charge is 0.0450 e. The predicted molar refractivity (Wildman–Crippen MR) is 170 cm³/mol. The molecule has 0 radical (unpaired) electrons. The first-order valence-electron chi connectivity index (χ1n) is 14.1. The summed E-state index contributed by atoms with van der Waals surface area (Å²) in [4.78, 5) is 2.52. The van der Waals surface area contributed by atoms with Gasteiger partial charge in [0.05, 0.1) is 0 Å². The minimum absolute atomic E-state index is 0.0316. The first-order chi connectivity index (χ1) is 18.7. The Morgan fingerprint density at radius 1 is 0.821 bits per heavy atom. The van der Waals surface area contributed by atoms with Gasteiger partial charge in [-0.2, -0.15) is 0 Å². The number of allylic oxidation sites excluding steroid dienone is 9. The summed E-state index contributed by atoms with van der Waals surface area (Å²) in [5.74, 6) is 0. The van der Waals surface area contributed by atoms with Gasteiger partial charge in [0, 0.05) is 28.8 Å². The van der Waals surface area contributed by atoms with Gasteiger partial charge in [-0.3, -0.25) is 0 Å². The van der Waals surface area contributed by atoms with Crippen LogP contribution in [0.1, 0.15) is 56.4 Å². The number of anilines is 1. The molecule has 0 saturated carbocycles. The van der Waals surface area contributed by atoms with Crippen molar-refractivity contribution in [3.63, 3.8) is 0 Å². The lowest BCUT2D eigenvalue weighted by Gasteiger charge is -2.28. The molecule has 3 aromatic carbocycles. The molecule has 1 aliphatic heterocycles. The average molecular weight is 514 g/mol. The second-order valence-corrected chi connectivity index (χ2v) is 11.5. The van der Waals surface area contributed by atoms with Crippen LogP contribution in [0.15, 0.2) is 139 Å². The fraction of sp³-hybridized carbons (Fsp3) is 0.263. The molecule has 1 heteroatoms. The van der Waals surface area contributed by atoms with Crippen LogP contribution >= 0.6 is 0 Å². The molecule has 200 valence electrons. The maximum absolute atomic E-state index is 4.36. The lowest BCUT2D eigenvalue weighted by Crippen LogP contribution is -2.27. The van der Waals surface area contributed by atoms with E-state index in [-0.39, 0.29) is 10.8 Å². The summed E-state index contributed by atoms with van der Waals surface area (Å²) in [6, 6.07) is 28.2. The van der Waals surface area contributed by atoms with Crippen LogP contribution in [-0.2, 0) is 17.3 Å². The van der Waals surface area contributed by atoms with Crippen molar-refractivity contribution in [3.8, 4) is 0 Å². The highest BCUT2D eigenvalue weighted by Gasteiger charge is 2.39. The van der Waals surface area contributed by atoms with Gasteiger partial charge in [-0.05, 0) is 59.7 Å². The molecule has 0 amide bonds. The summed E-state index contributed by atoms with van der Waals surface area (Å²) in [7, 11) is 0. The van der Waals surface area contributed by atoms with Crippen molar-refractivity contribution in [1.29, 1.82) is 0 Å². The van der Waals surface area contributed by atoms with Crippen LogP contribution in [0.3, 0.4) is 0 Å². The Morgan fingerprint density at radius 3 is 2.23 bits per heavy atom. The Hall–Kier alpha value is -3.84. The first-order valence-corrected chi connectivity index (χ1v) is 14.1. The predicted octanol–water partition coefficient (Wildman–Crippen LogP) is 9.81. The molecule has 0 spiro atoms. The average Bonchev–Trinajstić information content (AvgIpc) is 3.14. The van der Waals surface area contributed by atoms with E-state index in [9.17, 15) is 0 Å². The van der Waals surface area contributed by atoms with Crippen LogP contribution < -0.4 is 4.90 Å².